The van der Waals surface area contributed by atoms with Crippen molar-refractivity contribution < 1.29 is 4.39 Å². The van der Waals surface area contributed by atoms with Gasteiger partial charge in [-0.2, -0.15) is 0 Å². The van der Waals surface area contributed by atoms with Crippen LogP contribution in [0.3, 0.4) is 0 Å². The summed E-state index contributed by atoms with van der Waals surface area (Å²) >= 11 is 7.37. The van der Waals surface area contributed by atoms with Gasteiger partial charge in [0, 0.05) is 23.2 Å². The Bertz CT molecular complexity index is 584. The predicted octanol–water partition coefficient (Wildman–Crippen LogP) is 5.27. The van der Waals surface area contributed by atoms with Crippen LogP contribution in [0.15, 0.2) is 47.4 Å². The highest BCUT2D eigenvalue weighted by Crippen LogP contribution is 2.25. The van der Waals surface area contributed by atoms with Crippen molar-refractivity contribution in [3.05, 3.63) is 64.4 Å². The molecule has 0 saturated heterocycles. The Hall–Kier alpha value is -1.03. The van der Waals surface area contributed by atoms with Crippen LogP contribution >= 0.6 is 23.4 Å². The van der Waals surface area contributed by atoms with E-state index < -0.39 is 0 Å². The van der Waals surface area contributed by atoms with Crippen LogP contribution in [-0.4, -0.2) is 6.04 Å². The van der Waals surface area contributed by atoms with Crippen LogP contribution in [-0.2, 0) is 12.3 Å². The summed E-state index contributed by atoms with van der Waals surface area (Å²) in [6.45, 7) is 5.15. The first-order chi connectivity index (χ1) is 10.0. The maximum Gasteiger partial charge on any atom is 0.142 e. The van der Waals surface area contributed by atoms with E-state index in [1.807, 2.05) is 6.07 Å². The summed E-state index contributed by atoms with van der Waals surface area (Å²) in [6, 6.07) is 13.9. The van der Waals surface area contributed by atoms with Crippen molar-refractivity contribution in [3.8, 4) is 0 Å². The van der Waals surface area contributed by atoms with Crippen molar-refractivity contribution >= 4 is 23.4 Å². The van der Waals surface area contributed by atoms with Gasteiger partial charge in [0.2, 0.25) is 0 Å². The van der Waals surface area contributed by atoms with E-state index in [4.69, 9.17) is 11.6 Å². The average Bonchev–Trinajstić information content (AvgIpc) is 2.47. The Labute approximate surface area is 134 Å². The Morgan fingerprint density at radius 2 is 1.76 bits per heavy atom. The molecular formula is C17H19ClFNS. The van der Waals surface area contributed by atoms with Gasteiger partial charge in [-0.05, 0) is 35.4 Å². The smallest absolute Gasteiger partial charge is 0.142 e. The Balaban J connectivity index is 1.89. The molecule has 21 heavy (non-hydrogen) atoms. The van der Waals surface area contributed by atoms with Gasteiger partial charge in [0.25, 0.3) is 0 Å². The van der Waals surface area contributed by atoms with Gasteiger partial charge in [-0.25, -0.2) is 4.39 Å². The molecule has 112 valence electrons. The predicted molar refractivity (Wildman–Crippen MR) is 89.4 cm³/mol. The normalized spacial score (nSPS) is 11.1. The maximum atomic E-state index is 13.4. The molecule has 0 radical (unpaired) electrons. The van der Waals surface area contributed by atoms with E-state index in [9.17, 15) is 4.39 Å². The van der Waals surface area contributed by atoms with E-state index in [0.717, 1.165) is 17.9 Å². The fourth-order valence-corrected chi connectivity index (χ4v) is 2.78. The van der Waals surface area contributed by atoms with E-state index in [1.54, 1.807) is 17.8 Å². The van der Waals surface area contributed by atoms with Crippen molar-refractivity contribution in [1.29, 1.82) is 0 Å². The second-order valence-electron chi connectivity index (χ2n) is 5.22. The summed E-state index contributed by atoms with van der Waals surface area (Å²) in [5.41, 5.74) is 2.21. The van der Waals surface area contributed by atoms with Crippen molar-refractivity contribution in [1.82, 2.24) is 5.32 Å². The Morgan fingerprint density at radius 1 is 1.10 bits per heavy atom. The van der Waals surface area contributed by atoms with Crippen LogP contribution in [0.5, 0.6) is 0 Å². The summed E-state index contributed by atoms with van der Waals surface area (Å²) < 4.78 is 13.4. The molecule has 2 rings (SSSR count). The number of hydrogen-bond acceptors (Lipinski definition) is 2. The van der Waals surface area contributed by atoms with Crippen LogP contribution in [0.4, 0.5) is 4.39 Å². The van der Waals surface area contributed by atoms with Crippen LogP contribution in [0.1, 0.15) is 25.0 Å². The molecule has 4 heteroatoms. The minimum atomic E-state index is -0.357. The first kappa shape index (κ1) is 16.3. The topological polar surface area (TPSA) is 12.0 Å². The lowest BCUT2D eigenvalue weighted by Crippen LogP contribution is -2.21. The highest BCUT2D eigenvalue weighted by atomic mass is 35.5. The van der Waals surface area contributed by atoms with E-state index in [1.165, 1.54) is 16.5 Å². The molecule has 0 amide bonds. The zero-order valence-corrected chi connectivity index (χ0v) is 13.8. The maximum absolute atomic E-state index is 13.4. The average molecular weight is 324 g/mol. The summed E-state index contributed by atoms with van der Waals surface area (Å²) in [7, 11) is 0. The Kier molecular flexibility index (Phi) is 6.09. The summed E-state index contributed by atoms with van der Waals surface area (Å²) in [6.07, 6.45) is 0. The number of hydrogen-bond donors (Lipinski definition) is 1. The quantitative estimate of drug-likeness (QED) is 0.727. The van der Waals surface area contributed by atoms with Gasteiger partial charge in [-0.15, -0.1) is 11.8 Å². The van der Waals surface area contributed by atoms with Gasteiger partial charge < -0.3 is 5.32 Å². The summed E-state index contributed by atoms with van der Waals surface area (Å²) in [4.78, 5) is 1.18. The van der Waals surface area contributed by atoms with Gasteiger partial charge >= 0.3 is 0 Å². The van der Waals surface area contributed by atoms with Crippen molar-refractivity contribution in [3.63, 3.8) is 0 Å². The standard InChI is InChI=1S/C17H19ClFNS/c1-12(2)20-10-13-3-6-15(7-4-13)21-11-14-5-8-16(18)17(19)9-14/h3-9,12,20H,10-11H2,1-2H3. The van der Waals surface area contributed by atoms with Crippen LogP contribution < -0.4 is 5.32 Å². The lowest BCUT2D eigenvalue weighted by atomic mass is 10.2. The zero-order valence-electron chi connectivity index (χ0n) is 12.2. The van der Waals surface area contributed by atoms with Crippen LogP contribution in [0, 0.1) is 5.82 Å². The van der Waals surface area contributed by atoms with Crippen molar-refractivity contribution in [2.45, 2.75) is 37.1 Å². The Morgan fingerprint density at radius 3 is 2.38 bits per heavy atom. The first-order valence-corrected chi connectivity index (χ1v) is 8.30. The molecule has 0 aliphatic rings. The largest absolute Gasteiger partial charge is 0.310 e. The minimum absolute atomic E-state index is 0.172. The second kappa shape index (κ2) is 7.83. The lowest BCUT2D eigenvalue weighted by molar-refractivity contribution is 0.588. The van der Waals surface area contributed by atoms with Crippen LogP contribution in [0.2, 0.25) is 5.02 Å². The molecule has 2 aromatic carbocycles. The second-order valence-corrected chi connectivity index (χ2v) is 6.67. The highest BCUT2D eigenvalue weighted by molar-refractivity contribution is 7.98. The van der Waals surface area contributed by atoms with Gasteiger partial charge in [0.05, 0.1) is 5.02 Å². The van der Waals surface area contributed by atoms with Gasteiger partial charge in [0.1, 0.15) is 5.82 Å². The molecule has 0 saturated carbocycles. The molecule has 2 aromatic rings. The molecule has 1 N–H and O–H groups in total. The third-order valence-electron chi connectivity index (χ3n) is 3.03. The fourth-order valence-electron chi connectivity index (χ4n) is 1.82. The molecule has 0 aliphatic heterocycles. The molecule has 0 aliphatic carbocycles. The summed E-state index contributed by atoms with van der Waals surface area (Å²) in [5, 5.41) is 3.56. The zero-order chi connectivity index (χ0) is 15.2. The molecular weight excluding hydrogens is 305 g/mol. The van der Waals surface area contributed by atoms with Gasteiger partial charge in [-0.1, -0.05) is 43.6 Å². The number of rotatable bonds is 6. The lowest BCUT2D eigenvalue weighted by Gasteiger charge is -2.09. The van der Waals surface area contributed by atoms with Crippen molar-refractivity contribution in [2.75, 3.05) is 0 Å². The van der Waals surface area contributed by atoms with E-state index in [0.29, 0.717) is 6.04 Å². The molecule has 0 atom stereocenters. The molecule has 0 spiro atoms. The first-order valence-electron chi connectivity index (χ1n) is 6.93. The molecule has 1 nitrogen and oxygen atoms in total. The molecule has 0 heterocycles. The number of halogens is 2. The molecule has 0 unspecified atom stereocenters. The van der Waals surface area contributed by atoms with E-state index in [2.05, 4.69) is 43.4 Å². The number of benzene rings is 2. The third-order valence-corrected chi connectivity index (χ3v) is 4.42. The highest BCUT2D eigenvalue weighted by Gasteiger charge is 2.02. The third kappa shape index (κ3) is 5.34. The van der Waals surface area contributed by atoms with Gasteiger partial charge in [0.15, 0.2) is 0 Å². The van der Waals surface area contributed by atoms with E-state index in [-0.39, 0.29) is 10.8 Å². The van der Waals surface area contributed by atoms with Gasteiger partial charge in [-0.3, -0.25) is 0 Å². The summed E-state index contributed by atoms with van der Waals surface area (Å²) in [5.74, 6) is 0.377. The molecule has 0 bridgehead atoms. The van der Waals surface area contributed by atoms with E-state index >= 15 is 0 Å². The van der Waals surface area contributed by atoms with Crippen LogP contribution in [0.25, 0.3) is 0 Å². The monoisotopic (exact) mass is 323 g/mol. The fraction of sp³-hybridized carbons (Fsp3) is 0.294. The number of nitrogens with one attached hydrogen (secondary N) is 1. The molecule has 0 aromatic heterocycles. The molecule has 0 fully saturated rings. The van der Waals surface area contributed by atoms with Crippen molar-refractivity contribution in [2.24, 2.45) is 0 Å². The minimum Gasteiger partial charge on any atom is -0.310 e. The number of thioether (sulfide) groups is 1. The SMILES string of the molecule is CC(C)NCc1ccc(SCc2ccc(Cl)c(F)c2)cc1.